The van der Waals surface area contributed by atoms with Gasteiger partial charge in [0, 0.05) is 6.54 Å². The molecule has 3 rings (SSSR count). The van der Waals surface area contributed by atoms with Crippen LogP contribution in [0.25, 0.3) is 10.8 Å². The minimum atomic E-state index is -0.274. The van der Waals surface area contributed by atoms with E-state index in [9.17, 15) is 4.79 Å². The van der Waals surface area contributed by atoms with Crippen molar-refractivity contribution in [2.24, 2.45) is 0 Å². The maximum atomic E-state index is 12.1. The Morgan fingerprint density at radius 2 is 2.04 bits per heavy atom. The van der Waals surface area contributed by atoms with E-state index in [4.69, 9.17) is 17.0 Å². The van der Waals surface area contributed by atoms with Gasteiger partial charge in [-0.3, -0.25) is 4.79 Å². The molecular formula is C21H23BrN2O2S. The fourth-order valence-corrected chi connectivity index (χ4v) is 3.97. The molecule has 6 heteroatoms. The molecule has 0 aliphatic heterocycles. The van der Waals surface area contributed by atoms with Crippen molar-refractivity contribution in [3.05, 3.63) is 52.5 Å². The number of benzene rings is 2. The summed E-state index contributed by atoms with van der Waals surface area (Å²) in [6.45, 7) is 0.645. The number of ether oxygens (including phenoxy) is 1. The first-order valence-corrected chi connectivity index (χ1v) is 10.4. The molecule has 0 bridgehead atoms. The summed E-state index contributed by atoms with van der Waals surface area (Å²) >= 11 is 8.74. The van der Waals surface area contributed by atoms with Crippen LogP contribution in [0.3, 0.4) is 0 Å². The molecule has 1 aliphatic carbocycles. The predicted octanol–water partition coefficient (Wildman–Crippen LogP) is 4.86. The summed E-state index contributed by atoms with van der Waals surface area (Å²) in [5, 5.41) is 8.26. The third-order valence-electron chi connectivity index (χ3n) is 4.56. The van der Waals surface area contributed by atoms with Crippen molar-refractivity contribution in [1.82, 2.24) is 10.6 Å². The molecule has 0 aromatic heterocycles. The molecule has 0 saturated carbocycles. The average Bonchev–Trinajstić information content (AvgIpc) is 2.68. The van der Waals surface area contributed by atoms with Crippen LogP contribution in [0.1, 0.15) is 32.1 Å². The molecule has 0 unspecified atom stereocenters. The Balaban J connectivity index is 1.43. The SMILES string of the molecule is O=C(COc1ccc2ccccc2c1Br)NC(=S)NCCC1=CCCCC1. The molecule has 0 fully saturated rings. The first-order valence-electron chi connectivity index (χ1n) is 9.19. The molecule has 0 saturated heterocycles. The van der Waals surface area contributed by atoms with Gasteiger partial charge in [0.2, 0.25) is 0 Å². The fraction of sp³-hybridized carbons (Fsp3) is 0.333. The number of halogens is 1. The molecule has 2 aromatic carbocycles. The second-order valence-electron chi connectivity index (χ2n) is 6.55. The molecule has 0 heterocycles. The average molecular weight is 447 g/mol. The quantitative estimate of drug-likeness (QED) is 0.491. The summed E-state index contributed by atoms with van der Waals surface area (Å²) in [6.07, 6.45) is 8.21. The number of nitrogens with one attached hydrogen (secondary N) is 2. The summed E-state index contributed by atoms with van der Waals surface area (Å²) < 4.78 is 6.49. The topological polar surface area (TPSA) is 50.4 Å². The highest BCUT2D eigenvalue weighted by atomic mass is 79.9. The number of hydrogen-bond acceptors (Lipinski definition) is 3. The Bertz CT molecular complexity index is 866. The van der Waals surface area contributed by atoms with Gasteiger partial charge >= 0.3 is 0 Å². The van der Waals surface area contributed by atoms with Gasteiger partial charge in [-0.15, -0.1) is 0 Å². The summed E-state index contributed by atoms with van der Waals surface area (Å²) in [4.78, 5) is 12.1. The number of carbonyl (C=O) groups is 1. The van der Waals surface area contributed by atoms with Gasteiger partial charge in [0.15, 0.2) is 11.7 Å². The lowest BCUT2D eigenvalue weighted by Gasteiger charge is -2.14. The molecule has 27 heavy (non-hydrogen) atoms. The number of carbonyl (C=O) groups excluding carboxylic acids is 1. The van der Waals surface area contributed by atoms with E-state index < -0.39 is 0 Å². The zero-order valence-electron chi connectivity index (χ0n) is 15.1. The van der Waals surface area contributed by atoms with Gasteiger partial charge < -0.3 is 15.4 Å². The normalized spacial score (nSPS) is 13.7. The maximum Gasteiger partial charge on any atom is 0.264 e. The third kappa shape index (κ3) is 5.78. The highest BCUT2D eigenvalue weighted by Gasteiger charge is 2.10. The molecule has 0 spiro atoms. The fourth-order valence-electron chi connectivity index (χ4n) is 3.14. The first kappa shape index (κ1) is 19.8. The van der Waals surface area contributed by atoms with E-state index in [1.54, 1.807) is 0 Å². The van der Waals surface area contributed by atoms with Gasteiger partial charge in [0.25, 0.3) is 5.91 Å². The Labute approximate surface area is 173 Å². The van der Waals surface area contributed by atoms with Crippen molar-refractivity contribution < 1.29 is 9.53 Å². The van der Waals surface area contributed by atoms with Crippen molar-refractivity contribution in [1.29, 1.82) is 0 Å². The van der Waals surface area contributed by atoms with Gasteiger partial charge in [-0.2, -0.15) is 0 Å². The van der Waals surface area contributed by atoms with Crippen molar-refractivity contribution in [2.75, 3.05) is 13.2 Å². The van der Waals surface area contributed by atoms with Crippen LogP contribution >= 0.6 is 28.1 Å². The van der Waals surface area contributed by atoms with Crippen LogP contribution in [0.4, 0.5) is 0 Å². The van der Waals surface area contributed by atoms with Gasteiger partial charge in [0.05, 0.1) is 4.47 Å². The lowest BCUT2D eigenvalue weighted by molar-refractivity contribution is -0.121. The van der Waals surface area contributed by atoms with Crippen LogP contribution in [-0.4, -0.2) is 24.2 Å². The Hall–Kier alpha value is -1.92. The molecule has 142 valence electrons. The zero-order chi connectivity index (χ0) is 19.1. The van der Waals surface area contributed by atoms with E-state index in [2.05, 4.69) is 32.6 Å². The van der Waals surface area contributed by atoms with Gasteiger partial charge in [-0.1, -0.05) is 42.0 Å². The smallest absolute Gasteiger partial charge is 0.264 e. The summed E-state index contributed by atoms with van der Waals surface area (Å²) in [7, 11) is 0. The molecule has 2 N–H and O–H groups in total. The van der Waals surface area contributed by atoms with Crippen LogP contribution in [0.2, 0.25) is 0 Å². The second kappa shape index (κ2) is 9.85. The maximum absolute atomic E-state index is 12.1. The van der Waals surface area contributed by atoms with E-state index in [0.29, 0.717) is 10.9 Å². The predicted molar refractivity (Wildman–Crippen MR) is 117 cm³/mol. The van der Waals surface area contributed by atoms with E-state index >= 15 is 0 Å². The molecule has 1 amide bonds. The number of amides is 1. The Morgan fingerprint density at radius 1 is 1.19 bits per heavy atom. The molecule has 0 atom stereocenters. The van der Waals surface area contributed by atoms with E-state index in [0.717, 1.165) is 28.2 Å². The second-order valence-corrected chi connectivity index (χ2v) is 7.75. The van der Waals surface area contributed by atoms with Gasteiger partial charge in [-0.25, -0.2) is 0 Å². The summed E-state index contributed by atoms with van der Waals surface area (Å²) in [5.41, 5.74) is 1.48. The number of hydrogen-bond donors (Lipinski definition) is 2. The van der Waals surface area contributed by atoms with Crippen molar-refractivity contribution >= 4 is 49.9 Å². The first-order chi connectivity index (χ1) is 13.1. The van der Waals surface area contributed by atoms with Crippen LogP contribution in [0.5, 0.6) is 5.75 Å². The molecule has 4 nitrogen and oxygen atoms in total. The van der Waals surface area contributed by atoms with Crippen molar-refractivity contribution in [3.8, 4) is 5.75 Å². The van der Waals surface area contributed by atoms with Crippen molar-refractivity contribution in [3.63, 3.8) is 0 Å². The number of thiocarbonyl (C=S) groups is 1. The largest absolute Gasteiger partial charge is 0.483 e. The molecule has 2 aromatic rings. The van der Waals surface area contributed by atoms with Crippen LogP contribution < -0.4 is 15.4 Å². The zero-order valence-corrected chi connectivity index (χ0v) is 17.5. The molecular weight excluding hydrogens is 424 g/mol. The van der Waals surface area contributed by atoms with Crippen LogP contribution in [0, 0.1) is 0 Å². The third-order valence-corrected chi connectivity index (χ3v) is 5.62. The van der Waals surface area contributed by atoms with Crippen molar-refractivity contribution in [2.45, 2.75) is 32.1 Å². The lowest BCUT2D eigenvalue weighted by atomic mass is 9.97. The lowest BCUT2D eigenvalue weighted by Crippen LogP contribution is -2.41. The van der Waals surface area contributed by atoms with E-state index in [1.165, 1.54) is 31.3 Å². The summed E-state index contributed by atoms with van der Waals surface area (Å²) in [6, 6.07) is 11.8. The number of allylic oxidation sites excluding steroid dienone is 1. The minimum Gasteiger partial charge on any atom is -0.483 e. The van der Waals surface area contributed by atoms with E-state index in [-0.39, 0.29) is 12.5 Å². The van der Waals surface area contributed by atoms with Crippen LogP contribution in [0.15, 0.2) is 52.5 Å². The number of fused-ring (bicyclic) bond motifs is 1. The number of rotatable bonds is 6. The highest BCUT2D eigenvalue weighted by Crippen LogP contribution is 2.32. The molecule has 0 radical (unpaired) electrons. The van der Waals surface area contributed by atoms with Gasteiger partial charge in [0.1, 0.15) is 5.75 Å². The Morgan fingerprint density at radius 3 is 2.85 bits per heavy atom. The Kier molecular flexibility index (Phi) is 7.24. The van der Waals surface area contributed by atoms with Crippen LogP contribution in [-0.2, 0) is 4.79 Å². The minimum absolute atomic E-state index is 0.0933. The summed E-state index contributed by atoms with van der Waals surface area (Å²) in [5.74, 6) is 0.358. The molecule has 1 aliphatic rings. The monoisotopic (exact) mass is 446 g/mol. The highest BCUT2D eigenvalue weighted by molar-refractivity contribution is 9.10. The van der Waals surface area contributed by atoms with E-state index in [1.807, 2.05) is 36.4 Å². The van der Waals surface area contributed by atoms with Gasteiger partial charge in [-0.05, 0) is 77.1 Å². The standard InChI is InChI=1S/C21H23BrN2O2S/c22-20-17-9-5-4-8-16(17)10-11-18(20)26-14-19(25)24-21(27)23-13-12-15-6-2-1-3-7-15/h4-6,8-11H,1-3,7,12-14H2,(H2,23,24,25,27).